The van der Waals surface area contributed by atoms with Crippen LogP contribution in [0.3, 0.4) is 0 Å². The number of nitriles is 1. The first-order chi connectivity index (χ1) is 6.54. The zero-order chi connectivity index (χ0) is 10.7. The lowest BCUT2D eigenvalue weighted by atomic mass is 10.0. The zero-order valence-electron chi connectivity index (χ0n) is 7.42. The van der Waals surface area contributed by atoms with Crippen molar-refractivity contribution in [3.05, 3.63) is 33.8 Å². The smallest absolute Gasteiger partial charge is 0.179 e. The Balaban J connectivity index is 3.09. The summed E-state index contributed by atoms with van der Waals surface area (Å²) < 4.78 is 0. The molecule has 0 heterocycles. The van der Waals surface area contributed by atoms with Gasteiger partial charge in [0.15, 0.2) is 5.78 Å². The molecule has 1 atom stereocenters. The standard InChI is InChI=1S/C10H7Cl2NO/c1-6(5-13)10(14)7-2-8(11)4-9(12)3-7/h2-4,6H,1H3. The number of nitrogens with zero attached hydrogens (tertiary/aromatic N) is 1. The molecule has 0 aliphatic carbocycles. The van der Waals surface area contributed by atoms with E-state index in [2.05, 4.69) is 0 Å². The molecule has 2 nitrogen and oxygen atoms in total. The van der Waals surface area contributed by atoms with Gasteiger partial charge in [0.1, 0.15) is 5.92 Å². The second kappa shape index (κ2) is 4.45. The lowest BCUT2D eigenvalue weighted by Crippen LogP contribution is -2.08. The highest BCUT2D eigenvalue weighted by molar-refractivity contribution is 6.35. The molecular formula is C10H7Cl2NO. The number of rotatable bonds is 2. The Morgan fingerprint density at radius 3 is 2.29 bits per heavy atom. The molecule has 0 bridgehead atoms. The molecule has 0 amide bonds. The van der Waals surface area contributed by atoms with E-state index in [1.54, 1.807) is 0 Å². The maximum atomic E-state index is 11.5. The van der Waals surface area contributed by atoms with Gasteiger partial charge in [0.25, 0.3) is 0 Å². The minimum Gasteiger partial charge on any atom is -0.293 e. The van der Waals surface area contributed by atoms with E-state index in [-0.39, 0.29) is 5.78 Å². The first kappa shape index (κ1) is 11.0. The topological polar surface area (TPSA) is 40.9 Å². The van der Waals surface area contributed by atoms with E-state index >= 15 is 0 Å². The van der Waals surface area contributed by atoms with Gasteiger partial charge in [-0.25, -0.2) is 0 Å². The van der Waals surface area contributed by atoms with Crippen LogP contribution in [0.1, 0.15) is 17.3 Å². The quantitative estimate of drug-likeness (QED) is 0.728. The molecule has 1 aromatic carbocycles. The first-order valence-corrected chi connectivity index (χ1v) is 4.70. The summed E-state index contributed by atoms with van der Waals surface area (Å²) in [5, 5.41) is 9.36. The van der Waals surface area contributed by atoms with Gasteiger partial charge >= 0.3 is 0 Å². The van der Waals surface area contributed by atoms with Gasteiger partial charge in [-0.05, 0) is 25.1 Å². The number of ketones is 1. The van der Waals surface area contributed by atoms with Crippen molar-refractivity contribution < 1.29 is 4.79 Å². The number of benzene rings is 1. The Kier molecular flexibility index (Phi) is 3.51. The van der Waals surface area contributed by atoms with Crippen LogP contribution in [0.15, 0.2) is 18.2 Å². The Bertz CT molecular complexity index is 389. The van der Waals surface area contributed by atoms with Crippen LogP contribution in [0.25, 0.3) is 0 Å². The molecule has 0 saturated heterocycles. The molecule has 0 aromatic heterocycles. The largest absolute Gasteiger partial charge is 0.293 e. The SMILES string of the molecule is CC(C#N)C(=O)c1cc(Cl)cc(Cl)c1. The van der Waals surface area contributed by atoms with E-state index < -0.39 is 5.92 Å². The molecule has 72 valence electrons. The Morgan fingerprint density at radius 1 is 1.36 bits per heavy atom. The van der Waals surface area contributed by atoms with E-state index in [1.165, 1.54) is 25.1 Å². The summed E-state index contributed by atoms with van der Waals surface area (Å²) in [5.74, 6) is -0.943. The average Bonchev–Trinajstić information content (AvgIpc) is 2.14. The lowest BCUT2D eigenvalue weighted by Gasteiger charge is -2.03. The third-order valence-corrected chi connectivity index (χ3v) is 2.17. The minimum absolute atomic E-state index is 0.267. The van der Waals surface area contributed by atoms with Crippen LogP contribution < -0.4 is 0 Å². The predicted octanol–water partition coefficient (Wildman–Crippen LogP) is 3.34. The highest BCUT2D eigenvalue weighted by Crippen LogP contribution is 2.20. The van der Waals surface area contributed by atoms with Crippen molar-refractivity contribution in [2.75, 3.05) is 0 Å². The van der Waals surface area contributed by atoms with Crippen molar-refractivity contribution in [1.82, 2.24) is 0 Å². The number of carbonyl (C=O) groups excluding carboxylic acids is 1. The molecule has 0 aliphatic rings. The van der Waals surface area contributed by atoms with Crippen molar-refractivity contribution in [3.8, 4) is 6.07 Å². The van der Waals surface area contributed by atoms with Gasteiger partial charge < -0.3 is 0 Å². The van der Waals surface area contributed by atoms with E-state index in [0.717, 1.165) is 0 Å². The number of hydrogen-bond donors (Lipinski definition) is 0. The summed E-state index contributed by atoms with van der Waals surface area (Å²) in [4.78, 5) is 11.5. The molecular weight excluding hydrogens is 221 g/mol. The summed E-state index contributed by atoms with van der Waals surface area (Å²) >= 11 is 11.4. The summed E-state index contributed by atoms with van der Waals surface area (Å²) in [6.45, 7) is 1.54. The molecule has 4 heteroatoms. The van der Waals surface area contributed by atoms with E-state index in [4.69, 9.17) is 28.5 Å². The molecule has 1 rings (SSSR count). The second-order valence-corrected chi connectivity index (χ2v) is 3.75. The van der Waals surface area contributed by atoms with Crippen LogP contribution >= 0.6 is 23.2 Å². The van der Waals surface area contributed by atoms with Gasteiger partial charge in [-0.1, -0.05) is 23.2 Å². The van der Waals surface area contributed by atoms with Gasteiger partial charge in [-0.2, -0.15) is 5.26 Å². The number of hydrogen-bond acceptors (Lipinski definition) is 2. The third-order valence-electron chi connectivity index (χ3n) is 1.73. The van der Waals surface area contributed by atoms with Crippen molar-refractivity contribution in [2.24, 2.45) is 5.92 Å². The number of carbonyl (C=O) groups is 1. The van der Waals surface area contributed by atoms with Gasteiger partial charge in [0.2, 0.25) is 0 Å². The molecule has 0 N–H and O–H groups in total. The van der Waals surface area contributed by atoms with E-state index in [9.17, 15) is 4.79 Å². The normalized spacial score (nSPS) is 11.9. The Morgan fingerprint density at radius 2 is 1.86 bits per heavy atom. The van der Waals surface area contributed by atoms with E-state index in [0.29, 0.717) is 15.6 Å². The van der Waals surface area contributed by atoms with Crippen molar-refractivity contribution in [2.45, 2.75) is 6.92 Å². The van der Waals surface area contributed by atoms with Crippen LogP contribution in [0.5, 0.6) is 0 Å². The van der Waals surface area contributed by atoms with Crippen LogP contribution in [0.4, 0.5) is 0 Å². The second-order valence-electron chi connectivity index (χ2n) is 2.87. The summed E-state index contributed by atoms with van der Waals surface area (Å²) in [5.41, 5.74) is 0.372. The van der Waals surface area contributed by atoms with Crippen LogP contribution in [0, 0.1) is 17.2 Å². The van der Waals surface area contributed by atoms with Crippen molar-refractivity contribution >= 4 is 29.0 Å². The number of halogens is 2. The Hall–Kier alpha value is -1.04. The maximum absolute atomic E-state index is 11.5. The summed E-state index contributed by atoms with van der Waals surface area (Å²) in [6, 6.07) is 6.41. The highest BCUT2D eigenvalue weighted by atomic mass is 35.5. The van der Waals surface area contributed by atoms with Crippen LogP contribution in [-0.4, -0.2) is 5.78 Å². The van der Waals surface area contributed by atoms with Gasteiger partial charge in [0.05, 0.1) is 6.07 Å². The molecule has 1 aromatic rings. The molecule has 0 fully saturated rings. The van der Waals surface area contributed by atoms with Gasteiger partial charge in [-0.15, -0.1) is 0 Å². The first-order valence-electron chi connectivity index (χ1n) is 3.94. The summed E-state index contributed by atoms with van der Waals surface area (Å²) in [7, 11) is 0. The molecule has 0 aliphatic heterocycles. The molecule has 0 radical (unpaired) electrons. The van der Waals surface area contributed by atoms with Gasteiger partial charge in [-0.3, -0.25) is 4.79 Å². The fourth-order valence-electron chi connectivity index (χ4n) is 1.00. The fourth-order valence-corrected chi connectivity index (χ4v) is 1.53. The van der Waals surface area contributed by atoms with Crippen LogP contribution in [-0.2, 0) is 0 Å². The van der Waals surface area contributed by atoms with Crippen molar-refractivity contribution in [3.63, 3.8) is 0 Å². The van der Waals surface area contributed by atoms with Crippen LogP contribution in [0.2, 0.25) is 10.0 Å². The maximum Gasteiger partial charge on any atom is 0.179 e. The third kappa shape index (κ3) is 2.47. The monoisotopic (exact) mass is 227 g/mol. The predicted molar refractivity (Wildman–Crippen MR) is 55.6 cm³/mol. The molecule has 14 heavy (non-hydrogen) atoms. The molecule has 0 spiro atoms. The minimum atomic E-state index is -0.676. The summed E-state index contributed by atoms with van der Waals surface area (Å²) in [6.07, 6.45) is 0. The molecule has 1 unspecified atom stereocenters. The lowest BCUT2D eigenvalue weighted by molar-refractivity contribution is 0.0956. The molecule has 0 saturated carbocycles. The highest BCUT2D eigenvalue weighted by Gasteiger charge is 2.15. The zero-order valence-corrected chi connectivity index (χ0v) is 8.93. The van der Waals surface area contributed by atoms with Gasteiger partial charge in [0, 0.05) is 15.6 Å². The fraction of sp³-hybridized carbons (Fsp3) is 0.200. The Labute approximate surface area is 92.1 Å². The number of Topliss-reactive ketones (excluding diaryl/α,β-unsaturated/α-hetero) is 1. The van der Waals surface area contributed by atoms with E-state index in [1.807, 2.05) is 6.07 Å². The van der Waals surface area contributed by atoms with Crippen molar-refractivity contribution in [1.29, 1.82) is 5.26 Å². The average molecular weight is 228 g/mol.